The molecule has 0 bridgehead atoms. The van der Waals surface area contributed by atoms with E-state index in [1.165, 1.54) is 4.88 Å². The first-order chi connectivity index (χ1) is 9.79. The summed E-state index contributed by atoms with van der Waals surface area (Å²) in [6.45, 7) is 4.31. The summed E-state index contributed by atoms with van der Waals surface area (Å²) in [6, 6.07) is 0.252. The van der Waals surface area contributed by atoms with Gasteiger partial charge in [0.1, 0.15) is 6.04 Å². The monoisotopic (exact) mass is 313 g/mol. The summed E-state index contributed by atoms with van der Waals surface area (Å²) < 4.78 is 0. The Balaban J connectivity index is 2.46. The molecule has 0 saturated heterocycles. The number of hydrogen-bond donors (Lipinski definition) is 4. The number of nitrogens with one attached hydrogen (secondary N) is 2. The van der Waals surface area contributed by atoms with Gasteiger partial charge in [0.05, 0.1) is 6.54 Å². The Kier molecular flexibility index (Phi) is 6.16. The van der Waals surface area contributed by atoms with E-state index in [2.05, 4.69) is 10.6 Å². The topological polar surface area (TPSA) is 122 Å². The van der Waals surface area contributed by atoms with E-state index in [1.807, 2.05) is 19.9 Å². The van der Waals surface area contributed by atoms with E-state index >= 15 is 0 Å². The van der Waals surface area contributed by atoms with Crippen LogP contribution in [-0.4, -0.2) is 29.1 Å². The van der Waals surface area contributed by atoms with Gasteiger partial charge in [0, 0.05) is 16.2 Å². The molecule has 3 amide bonds. The fraction of sp³-hybridized carbons (Fsp3) is 0.462. The molecule has 21 heavy (non-hydrogen) atoms. The van der Waals surface area contributed by atoms with Crippen molar-refractivity contribution in [2.75, 3.05) is 0 Å². The van der Waals surface area contributed by atoms with Gasteiger partial charge in [-0.3, -0.25) is 4.79 Å². The first kappa shape index (κ1) is 17.0. The number of urea groups is 1. The molecule has 0 aliphatic rings. The van der Waals surface area contributed by atoms with Gasteiger partial charge >= 0.3 is 12.0 Å². The van der Waals surface area contributed by atoms with Crippen molar-refractivity contribution in [3.8, 4) is 0 Å². The normalized spacial score (nSPS) is 11.7. The summed E-state index contributed by atoms with van der Waals surface area (Å²) in [5.74, 6) is -1.80. The van der Waals surface area contributed by atoms with Gasteiger partial charge < -0.3 is 21.5 Å². The molecule has 1 aromatic rings. The van der Waals surface area contributed by atoms with E-state index in [4.69, 9.17) is 10.8 Å². The number of carboxylic acid groups (broad SMARTS) is 1. The van der Waals surface area contributed by atoms with Crippen LogP contribution in [0.15, 0.2) is 6.07 Å². The molecule has 0 radical (unpaired) electrons. The number of carbonyl (C=O) groups is 3. The van der Waals surface area contributed by atoms with Crippen LogP contribution in [0.25, 0.3) is 0 Å². The van der Waals surface area contributed by atoms with Crippen molar-refractivity contribution in [2.45, 2.75) is 39.3 Å². The maximum atomic E-state index is 11.7. The number of rotatable bonds is 7. The van der Waals surface area contributed by atoms with E-state index in [0.29, 0.717) is 6.54 Å². The second kappa shape index (κ2) is 7.63. The molecule has 1 unspecified atom stereocenters. The van der Waals surface area contributed by atoms with Gasteiger partial charge in [0.15, 0.2) is 0 Å². The number of aliphatic carboxylic acids is 1. The van der Waals surface area contributed by atoms with E-state index in [0.717, 1.165) is 10.4 Å². The summed E-state index contributed by atoms with van der Waals surface area (Å²) in [4.78, 5) is 35.5. The molecular weight excluding hydrogens is 294 g/mol. The lowest BCUT2D eigenvalue weighted by Gasteiger charge is -2.14. The molecular formula is C13H19N3O4S. The number of thiophene rings is 1. The fourth-order valence-corrected chi connectivity index (χ4v) is 2.65. The molecule has 0 aliphatic heterocycles. The fourth-order valence-electron chi connectivity index (χ4n) is 1.66. The van der Waals surface area contributed by atoms with Crippen molar-refractivity contribution in [3.63, 3.8) is 0 Å². The minimum atomic E-state index is -1.20. The van der Waals surface area contributed by atoms with Crippen LogP contribution in [0.2, 0.25) is 0 Å². The van der Waals surface area contributed by atoms with Crippen LogP contribution in [0.4, 0.5) is 4.79 Å². The molecule has 0 aliphatic carbocycles. The van der Waals surface area contributed by atoms with Crippen LogP contribution >= 0.6 is 11.3 Å². The Morgan fingerprint density at radius 2 is 2.05 bits per heavy atom. The number of aryl methyl sites for hydroxylation is 2. The molecule has 116 valence electrons. The number of nitrogens with two attached hydrogens (primary N) is 1. The van der Waals surface area contributed by atoms with Gasteiger partial charge in [-0.05, 0) is 31.9 Å². The van der Waals surface area contributed by atoms with Gasteiger partial charge in [-0.15, -0.1) is 11.3 Å². The highest BCUT2D eigenvalue weighted by atomic mass is 32.1. The average Bonchev–Trinajstić information content (AvgIpc) is 2.71. The standard InChI is InChI=1S/C13H19N3O4S/c1-7-5-9(21-8(7)2)6-15-13(20)16-10(12(18)19)3-4-11(14)17/h5,10H,3-4,6H2,1-2H3,(H2,14,17)(H,18,19)(H2,15,16,20). The van der Waals surface area contributed by atoms with E-state index in [1.54, 1.807) is 11.3 Å². The van der Waals surface area contributed by atoms with Crippen molar-refractivity contribution in [2.24, 2.45) is 5.73 Å². The van der Waals surface area contributed by atoms with Crippen LogP contribution in [0.3, 0.4) is 0 Å². The number of carbonyl (C=O) groups excluding carboxylic acids is 2. The largest absolute Gasteiger partial charge is 0.480 e. The van der Waals surface area contributed by atoms with Gasteiger partial charge in [0.25, 0.3) is 0 Å². The molecule has 1 atom stereocenters. The third kappa shape index (κ3) is 5.82. The Bertz CT molecular complexity index is 522. The van der Waals surface area contributed by atoms with E-state index < -0.39 is 23.9 Å². The third-order valence-corrected chi connectivity index (χ3v) is 4.08. The van der Waals surface area contributed by atoms with Gasteiger partial charge in [-0.1, -0.05) is 0 Å². The Morgan fingerprint density at radius 1 is 1.38 bits per heavy atom. The minimum Gasteiger partial charge on any atom is -0.480 e. The quantitative estimate of drug-likeness (QED) is 0.597. The van der Waals surface area contributed by atoms with E-state index in [9.17, 15) is 14.4 Å². The summed E-state index contributed by atoms with van der Waals surface area (Å²) >= 11 is 1.58. The van der Waals surface area contributed by atoms with Gasteiger partial charge in [0.2, 0.25) is 5.91 Å². The first-order valence-electron chi connectivity index (χ1n) is 6.41. The third-order valence-electron chi connectivity index (χ3n) is 2.92. The second-order valence-electron chi connectivity index (χ2n) is 4.67. The molecule has 7 nitrogen and oxygen atoms in total. The lowest BCUT2D eigenvalue weighted by Crippen LogP contribution is -2.46. The lowest BCUT2D eigenvalue weighted by molar-refractivity contribution is -0.139. The summed E-state index contributed by atoms with van der Waals surface area (Å²) in [6.07, 6.45) is -0.129. The predicted molar refractivity (Wildman–Crippen MR) is 79.0 cm³/mol. The van der Waals surface area contributed by atoms with Crippen LogP contribution in [0.5, 0.6) is 0 Å². The number of hydrogen-bond acceptors (Lipinski definition) is 4. The van der Waals surface area contributed by atoms with Crippen molar-refractivity contribution in [1.29, 1.82) is 0 Å². The van der Waals surface area contributed by atoms with Crippen LogP contribution < -0.4 is 16.4 Å². The number of carboxylic acids is 1. The number of amides is 3. The smallest absolute Gasteiger partial charge is 0.326 e. The highest BCUT2D eigenvalue weighted by Crippen LogP contribution is 2.20. The minimum absolute atomic E-state index is 0.0324. The Hall–Kier alpha value is -2.09. The zero-order valence-electron chi connectivity index (χ0n) is 11.9. The van der Waals surface area contributed by atoms with Gasteiger partial charge in [-0.2, -0.15) is 0 Å². The van der Waals surface area contributed by atoms with Crippen molar-refractivity contribution in [3.05, 3.63) is 21.4 Å². The molecule has 5 N–H and O–H groups in total. The molecule has 1 aromatic heterocycles. The molecule has 0 spiro atoms. The lowest BCUT2D eigenvalue weighted by atomic mass is 10.1. The average molecular weight is 313 g/mol. The molecule has 1 rings (SSSR count). The number of primary amides is 1. The van der Waals surface area contributed by atoms with Crippen molar-refractivity contribution >= 4 is 29.2 Å². The summed E-state index contributed by atoms with van der Waals surface area (Å²) in [5.41, 5.74) is 6.12. The first-order valence-corrected chi connectivity index (χ1v) is 7.22. The summed E-state index contributed by atoms with van der Waals surface area (Å²) in [5, 5.41) is 13.9. The van der Waals surface area contributed by atoms with Crippen molar-refractivity contribution in [1.82, 2.24) is 10.6 Å². The van der Waals surface area contributed by atoms with Gasteiger partial charge in [-0.25, -0.2) is 9.59 Å². The maximum Gasteiger partial charge on any atom is 0.326 e. The zero-order chi connectivity index (χ0) is 16.0. The van der Waals surface area contributed by atoms with E-state index in [-0.39, 0.29) is 12.8 Å². The highest BCUT2D eigenvalue weighted by molar-refractivity contribution is 7.12. The predicted octanol–water partition coefficient (Wildman–Crippen LogP) is 0.883. The van der Waals surface area contributed by atoms with Crippen LogP contribution in [-0.2, 0) is 16.1 Å². The molecule has 0 saturated carbocycles. The Labute approximate surface area is 126 Å². The molecule has 0 fully saturated rings. The highest BCUT2D eigenvalue weighted by Gasteiger charge is 2.20. The Morgan fingerprint density at radius 3 is 2.52 bits per heavy atom. The molecule has 0 aromatic carbocycles. The van der Waals surface area contributed by atoms with Crippen LogP contribution in [0.1, 0.15) is 28.2 Å². The van der Waals surface area contributed by atoms with Crippen LogP contribution in [0, 0.1) is 13.8 Å². The summed E-state index contributed by atoms with van der Waals surface area (Å²) in [7, 11) is 0. The maximum absolute atomic E-state index is 11.7. The van der Waals surface area contributed by atoms with Crippen molar-refractivity contribution < 1.29 is 19.5 Å². The molecule has 1 heterocycles. The second-order valence-corrected chi connectivity index (χ2v) is 6.02. The molecule has 8 heteroatoms. The zero-order valence-corrected chi connectivity index (χ0v) is 12.8. The SMILES string of the molecule is Cc1cc(CNC(=O)NC(CCC(N)=O)C(=O)O)sc1C.